The monoisotopic (exact) mass is 600 g/mol. The summed E-state index contributed by atoms with van der Waals surface area (Å²) >= 11 is 0. The molecule has 1 aliphatic carbocycles. The Bertz CT molecular complexity index is 1370. The van der Waals surface area contributed by atoms with Crippen LogP contribution in [0.4, 0.5) is 18.0 Å². The first-order chi connectivity index (χ1) is 20.1. The summed E-state index contributed by atoms with van der Waals surface area (Å²) in [7, 11) is 0. The molecule has 2 amide bonds. The molecule has 1 saturated heterocycles. The predicted octanol–water partition coefficient (Wildman–Crippen LogP) is 7.02. The second-order valence-electron chi connectivity index (χ2n) is 13.5. The van der Waals surface area contributed by atoms with Gasteiger partial charge in [0.25, 0.3) is 0 Å². The van der Waals surface area contributed by atoms with E-state index in [1.165, 1.54) is 0 Å². The van der Waals surface area contributed by atoms with E-state index in [-0.39, 0.29) is 24.6 Å². The highest BCUT2D eigenvalue weighted by atomic mass is 19.4. The molecule has 2 aliphatic heterocycles. The van der Waals surface area contributed by atoms with Gasteiger partial charge in [-0.15, -0.1) is 0 Å². The van der Waals surface area contributed by atoms with Gasteiger partial charge in [-0.1, -0.05) is 12.2 Å². The van der Waals surface area contributed by atoms with Gasteiger partial charge in [0.05, 0.1) is 17.0 Å². The summed E-state index contributed by atoms with van der Waals surface area (Å²) in [5, 5.41) is 0. The average Bonchev–Trinajstić information content (AvgIpc) is 3.52. The fraction of sp³-hybridized carbons (Fsp3) is 0.606. The van der Waals surface area contributed by atoms with Crippen LogP contribution in [0.2, 0.25) is 0 Å². The Morgan fingerprint density at radius 3 is 2.35 bits per heavy atom. The summed E-state index contributed by atoms with van der Waals surface area (Å²) in [5.41, 5.74) is 1.28. The Morgan fingerprint density at radius 2 is 1.72 bits per heavy atom. The number of pyridine rings is 1. The molecule has 10 heteroatoms. The Labute approximate surface area is 252 Å². The van der Waals surface area contributed by atoms with Crippen LogP contribution in [0, 0.1) is 25.2 Å². The number of halogens is 3. The Balaban J connectivity index is 1.32. The summed E-state index contributed by atoms with van der Waals surface area (Å²) in [6.07, 6.45) is 4.53. The standard InChI is InChI=1S/C33H43F3N4O3/c1-22-6-7-23(2)40(22)27-9-14-32(19-27,13-8-24-10-15-38(16-11-24)30(42)43-31(3,4)5)29(41)39-17-12-28-25(21-39)18-26(20-37-28)33(34,35)36/h6-7,9,14,18,20,24,27H,8,10-13,15-17,19,21H2,1-5H3/t27-,32+/m1/s1. The predicted molar refractivity (Wildman–Crippen MR) is 157 cm³/mol. The number of aryl methyl sites for hydroxylation is 2. The molecule has 0 saturated carbocycles. The molecule has 2 aromatic heterocycles. The van der Waals surface area contributed by atoms with Crippen molar-refractivity contribution in [2.24, 2.45) is 11.3 Å². The molecule has 1 fully saturated rings. The molecule has 0 N–H and O–H groups in total. The summed E-state index contributed by atoms with van der Waals surface area (Å²) < 4.78 is 48.1. The highest BCUT2D eigenvalue weighted by molar-refractivity contribution is 5.85. The number of hydrogen-bond acceptors (Lipinski definition) is 4. The zero-order valence-corrected chi connectivity index (χ0v) is 25.8. The number of carbonyl (C=O) groups is 2. The molecular weight excluding hydrogens is 557 g/mol. The number of fused-ring (bicyclic) bond motifs is 1. The summed E-state index contributed by atoms with van der Waals surface area (Å²) in [6, 6.07) is 5.34. The first kappa shape index (κ1) is 31.1. The number of ether oxygens (including phenoxy) is 1. The second-order valence-corrected chi connectivity index (χ2v) is 13.5. The van der Waals surface area contributed by atoms with Gasteiger partial charge in [-0.3, -0.25) is 9.78 Å². The average molecular weight is 601 g/mol. The largest absolute Gasteiger partial charge is 0.444 e. The topological polar surface area (TPSA) is 67.7 Å². The molecule has 0 unspecified atom stereocenters. The summed E-state index contributed by atoms with van der Waals surface area (Å²) in [6.45, 7) is 11.5. The maximum Gasteiger partial charge on any atom is 0.417 e. The van der Waals surface area contributed by atoms with Crippen LogP contribution >= 0.6 is 0 Å². The van der Waals surface area contributed by atoms with Crippen LogP contribution in [0.25, 0.3) is 0 Å². The Hall–Kier alpha value is -3.30. The third kappa shape index (κ3) is 6.78. The normalized spacial score (nSPS) is 23.0. The van der Waals surface area contributed by atoms with Crippen molar-refractivity contribution in [2.45, 2.75) is 97.5 Å². The zero-order chi connectivity index (χ0) is 31.2. The lowest BCUT2D eigenvalue weighted by Crippen LogP contribution is -2.46. The number of allylic oxidation sites excluding steroid dienone is 1. The highest BCUT2D eigenvalue weighted by Crippen LogP contribution is 2.46. The number of likely N-dealkylation sites (tertiary alicyclic amines) is 1. The number of piperidine rings is 1. The van der Waals surface area contributed by atoms with Crippen LogP contribution in [-0.4, -0.2) is 56.6 Å². The van der Waals surface area contributed by atoms with Crippen molar-refractivity contribution < 1.29 is 27.5 Å². The van der Waals surface area contributed by atoms with Crippen molar-refractivity contribution in [1.82, 2.24) is 19.4 Å². The fourth-order valence-electron chi connectivity index (χ4n) is 6.90. The molecule has 7 nitrogen and oxygen atoms in total. The number of alkyl halides is 3. The molecule has 2 atom stereocenters. The van der Waals surface area contributed by atoms with E-state index in [0.717, 1.165) is 42.9 Å². The van der Waals surface area contributed by atoms with Crippen molar-refractivity contribution in [3.63, 3.8) is 0 Å². The lowest BCUT2D eigenvalue weighted by atomic mass is 9.76. The quantitative estimate of drug-likeness (QED) is 0.346. The van der Waals surface area contributed by atoms with Gasteiger partial charge in [0.1, 0.15) is 5.60 Å². The number of amides is 2. The first-order valence-corrected chi connectivity index (χ1v) is 15.3. The van der Waals surface area contributed by atoms with E-state index in [4.69, 9.17) is 4.74 Å². The smallest absolute Gasteiger partial charge is 0.417 e. The SMILES string of the molecule is Cc1ccc(C)n1[C@@H]1C=C[C@](CCC2CCN(C(=O)OC(C)(C)C)CC2)(C(=O)N2CCc3ncc(C(F)(F)F)cc3C2)C1. The molecule has 4 heterocycles. The van der Waals surface area contributed by atoms with E-state index in [1.807, 2.05) is 20.8 Å². The van der Waals surface area contributed by atoms with Gasteiger partial charge in [-0.05, 0) is 96.4 Å². The maximum atomic E-state index is 14.4. The fourth-order valence-corrected chi connectivity index (χ4v) is 6.90. The molecular formula is C33H43F3N4O3. The van der Waals surface area contributed by atoms with E-state index < -0.39 is 22.8 Å². The van der Waals surface area contributed by atoms with Crippen LogP contribution in [0.15, 0.2) is 36.5 Å². The molecule has 0 aromatic carbocycles. The molecule has 5 rings (SSSR count). The Kier molecular flexibility index (Phi) is 8.44. The zero-order valence-electron chi connectivity index (χ0n) is 25.8. The van der Waals surface area contributed by atoms with Crippen LogP contribution in [0.1, 0.15) is 87.1 Å². The van der Waals surface area contributed by atoms with Crippen LogP contribution in [-0.2, 0) is 28.7 Å². The van der Waals surface area contributed by atoms with E-state index in [2.05, 4.69) is 47.7 Å². The van der Waals surface area contributed by atoms with Crippen molar-refractivity contribution in [2.75, 3.05) is 19.6 Å². The molecule has 234 valence electrons. The number of rotatable bonds is 5. The lowest BCUT2D eigenvalue weighted by Gasteiger charge is -2.38. The number of nitrogens with zero attached hydrogens (tertiary/aromatic N) is 4. The number of aromatic nitrogens is 2. The lowest BCUT2D eigenvalue weighted by molar-refractivity contribution is -0.141. The number of hydrogen-bond donors (Lipinski definition) is 0. The highest BCUT2D eigenvalue weighted by Gasteiger charge is 2.45. The minimum atomic E-state index is -4.48. The van der Waals surface area contributed by atoms with Gasteiger partial charge in [-0.2, -0.15) is 13.2 Å². The van der Waals surface area contributed by atoms with E-state index in [9.17, 15) is 22.8 Å². The first-order valence-electron chi connectivity index (χ1n) is 15.3. The van der Waals surface area contributed by atoms with Gasteiger partial charge < -0.3 is 19.1 Å². The molecule has 2 aromatic rings. The molecule has 0 spiro atoms. The summed E-state index contributed by atoms with van der Waals surface area (Å²) in [5.74, 6) is 0.342. The molecule has 43 heavy (non-hydrogen) atoms. The van der Waals surface area contributed by atoms with E-state index >= 15 is 0 Å². The van der Waals surface area contributed by atoms with Gasteiger partial charge in [0.15, 0.2) is 0 Å². The maximum absolute atomic E-state index is 14.4. The van der Waals surface area contributed by atoms with Gasteiger partial charge in [0.2, 0.25) is 5.91 Å². The van der Waals surface area contributed by atoms with Crippen LogP contribution in [0.5, 0.6) is 0 Å². The molecule has 0 bridgehead atoms. The minimum absolute atomic E-state index is 0.0250. The molecule has 0 radical (unpaired) electrons. The molecule has 3 aliphatic rings. The van der Waals surface area contributed by atoms with Crippen LogP contribution in [0.3, 0.4) is 0 Å². The van der Waals surface area contributed by atoms with Crippen molar-refractivity contribution in [3.05, 3.63) is 64.8 Å². The third-order valence-corrected chi connectivity index (χ3v) is 9.21. The number of carbonyl (C=O) groups excluding carboxylic acids is 2. The van der Waals surface area contributed by atoms with Crippen molar-refractivity contribution in [1.29, 1.82) is 0 Å². The van der Waals surface area contributed by atoms with Crippen LogP contribution < -0.4 is 0 Å². The second kappa shape index (κ2) is 11.7. The van der Waals surface area contributed by atoms with Gasteiger partial charge in [0, 0.05) is 55.9 Å². The summed E-state index contributed by atoms with van der Waals surface area (Å²) in [4.78, 5) is 34.5. The minimum Gasteiger partial charge on any atom is -0.444 e. The Morgan fingerprint density at radius 1 is 1.05 bits per heavy atom. The van der Waals surface area contributed by atoms with Crippen molar-refractivity contribution in [3.8, 4) is 0 Å². The van der Waals surface area contributed by atoms with Crippen molar-refractivity contribution >= 4 is 12.0 Å². The van der Waals surface area contributed by atoms with E-state index in [1.54, 1.807) is 9.80 Å². The third-order valence-electron chi connectivity index (χ3n) is 9.21. The van der Waals surface area contributed by atoms with Gasteiger partial charge in [-0.25, -0.2) is 4.79 Å². The van der Waals surface area contributed by atoms with E-state index in [0.29, 0.717) is 56.1 Å². The van der Waals surface area contributed by atoms with Gasteiger partial charge >= 0.3 is 12.3 Å².